The molecule has 4 nitrogen and oxygen atoms in total. The van der Waals surface area contributed by atoms with Crippen LogP contribution in [-0.4, -0.2) is 10.2 Å². The summed E-state index contributed by atoms with van der Waals surface area (Å²) in [5.41, 5.74) is 1.80. The molecule has 80 valence electrons. The first-order valence-corrected chi connectivity index (χ1v) is 4.94. The van der Waals surface area contributed by atoms with Crippen LogP contribution in [-0.2, 0) is 11.3 Å². The van der Waals surface area contributed by atoms with Crippen LogP contribution in [0.15, 0.2) is 42.7 Å². The Hall–Kier alpha value is -2.12. The summed E-state index contributed by atoms with van der Waals surface area (Å²) in [6.45, 7) is 0.421. The standard InChI is InChI=1S/C12H11N3O/c13-6-12(11-7-14-15-8-11)16-9-10-4-2-1-3-5-10/h1-5,7-8,12H,9H2,(H,14,15). The molecule has 0 radical (unpaired) electrons. The van der Waals surface area contributed by atoms with E-state index in [0.717, 1.165) is 11.1 Å². The highest BCUT2D eigenvalue weighted by Crippen LogP contribution is 2.16. The zero-order valence-corrected chi connectivity index (χ0v) is 8.63. The summed E-state index contributed by atoms with van der Waals surface area (Å²) in [7, 11) is 0. The minimum absolute atomic E-state index is 0.421. The van der Waals surface area contributed by atoms with Gasteiger partial charge in [0.2, 0.25) is 0 Å². The minimum atomic E-state index is -0.570. The summed E-state index contributed by atoms with van der Waals surface area (Å²) in [4.78, 5) is 0. The van der Waals surface area contributed by atoms with Crippen molar-refractivity contribution in [2.75, 3.05) is 0 Å². The van der Waals surface area contributed by atoms with Crippen LogP contribution >= 0.6 is 0 Å². The number of benzene rings is 1. The fourth-order valence-electron chi connectivity index (χ4n) is 1.37. The molecule has 0 aliphatic heterocycles. The summed E-state index contributed by atoms with van der Waals surface area (Å²) < 4.78 is 5.50. The molecule has 4 heteroatoms. The van der Waals surface area contributed by atoms with E-state index in [1.165, 1.54) is 0 Å². The van der Waals surface area contributed by atoms with Crippen molar-refractivity contribution in [1.82, 2.24) is 10.2 Å². The minimum Gasteiger partial charge on any atom is -0.354 e. The monoisotopic (exact) mass is 213 g/mol. The largest absolute Gasteiger partial charge is 0.354 e. The van der Waals surface area contributed by atoms with Crippen LogP contribution in [0, 0.1) is 11.3 Å². The van der Waals surface area contributed by atoms with Gasteiger partial charge in [0.05, 0.1) is 18.9 Å². The molecule has 0 saturated heterocycles. The SMILES string of the molecule is N#CC(OCc1ccccc1)c1cn[nH]c1. The first-order chi connectivity index (χ1) is 7.90. The van der Waals surface area contributed by atoms with Crippen LogP contribution < -0.4 is 0 Å². The number of ether oxygens (including phenoxy) is 1. The number of H-pyrrole nitrogens is 1. The van der Waals surface area contributed by atoms with E-state index in [1.54, 1.807) is 12.4 Å². The van der Waals surface area contributed by atoms with Gasteiger partial charge < -0.3 is 4.74 Å². The van der Waals surface area contributed by atoms with Crippen molar-refractivity contribution >= 4 is 0 Å². The lowest BCUT2D eigenvalue weighted by Gasteiger charge is -2.08. The maximum absolute atomic E-state index is 8.96. The Labute approximate surface area is 93.5 Å². The molecule has 2 aromatic rings. The molecule has 0 aliphatic rings. The number of nitriles is 1. The molecule has 0 fully saturated rings. The highest BCUT2D eigenvalue weighted by Gasteiger charge is 2.11. The summed E-state index contributed by atoms with van der Waals surface area (Å²) in [6, 6.07) is 11.8. The van der Waals surface area contributed by atoms with Crippen LogP contribution in [0.5, 0.6) is 0 Å². The van der Waals surface area contributed by atoms with Gasteiger partial charge in [-0.25, -0.2) is 0 Å². The Morgan fingerprint density at radius 3 is 2.81 bits per heavy atom. The van der Waals surface area contributed by atoms with E-state index in [2.05, 4.69) is 16.3 Å². The second-order valence-electron chi connectivity index (χ2n) is 3.34. The van der Waals surface area contributed by atoms with E-state index in [9.17, 15) is 0 Å². The van der Waals surface area contributed by atoms with E-state index < -0.39 is 6.10 Å². The van der Waals surface area contributed by atoms with E-state index in [4.69, 9.17) is 10.00 Å². The van der Waals surface area contributed by atoms with Crippen LogP contribution in [0.3, 0.4) is 0 Å². The number of nitrogens with zero attached hydrogens (tertiary/aromatic N) is 2. The summed E-state index contributed by atoms with van der Waals surface area (Å²) >= 11 is 0. The van der Waals surface area contributed by atoms with Gasteiger partial charge in [-0.05, 0) is 5.56 Å². The zero-order chi connectivity index (χ0) is 11.2. The third-order valence-electron chi connectivity index (χ3n) is 2.20. The van der Waals surface area contributed by atoms with Crippen molar-refractivity contribution in [3.05, 3.63) is 53.9 Å². The predicted octanol–water partition coefficient (Wildman–Crippen LogP) is 2.19. The predicted molar refractivity (Wildman–Crippen MR) is 58.2 cm³/mol. The zero-order valence-electron chi connectivity index (χ0n) is 8.63. The fraction of sp³-hybridized carbons (Fsp3) is 0.167. The van der Waals surface area contributed by atoms with Gasteiger partial charge in [-0.3, -0.25) is 5.10 Å². The van der Waals surface area contributed by atoms with Gasteiger partial charge in [-0.2, -0.15) is 10.4 Å². The average molecular weight is 213 g/mol. The quantitative estimate of drug-likeness (QED) is 0.846. The van der Waals surface area contributed by atoms with E-state index >= 15 is 0 Å². The van der Waals surface area contributed by atoms with Crippen LogP contribution in [0.4, 0.5) is 0 Å². The lowest BCUT2D eigenvalue weighted by atomic mass is 10.2. The lowest BCUT2D eigenvalue weighted by molar-refractivity contribution is 0.0767. The van der Waals surface area contributed by atoms with Crippen molar-refractivity contribution in [3.8, 4) is 6.07 Å². The molecule has 1 aromatic heterocycles. The summed E-state index contributed by atoms with van der Waals surface area (Å²) in [5, 5.41) is 15.4. The molecule has 1 unspecified atom stereocenters. The van der Waals surface area contributed by atoms with Gasteiger partial charge in [0.15, 0.2) is 6.10 Å². The second kappa shape index (κ2) is 5.10. The number of hydrogen-bond donors (Lipinski definition) is 1. The Morgan fingerprint density at radius 1 is 1.38 bits per heavy atom. The molecule has 1 heterocycles. The molecular weight excluding hydrogens is 202 g/mol. The maximum Gasteiger partial charge on any atom is 0.172 e. The van der Waals surface area contributed by atoms with E-state index in [1.807, 2.05) is 30.3 Å². The smallest absolute Gasteiger partial charge is 0.172 e. The highest BCUT2D eigenvalue weighted by molar-refractivity contribution is 5.16. The first-order valence-electron chi connectivity index (χ1n) is 4.94. The van der Waals surface area contributed by atoms with Crippen molar-refractivity contribution in [2.24, 2.45) is 0 Å². The second-order valence-corrected chi connectivity index (χ2v) is 3.34. The van der Waals surface area contributed by atoms with E-state index in [-0.39, 0.29) is 0 Å². The summed E-state index contributed by atoms with van der Waals surface area (Å²) in [5.74, 6) is 0. The molecular formula is C12H11N3O. The van der Waals surface area contributed by atoms with E-state index in [0.29, 0.717) is 6.61 Å². The molecule has 0 spiro atoms. The molecule has 1 atom stereocenters. The Balaban J connectivity index is 1.97. The molecule has 0 aliphatic carbocycles. The van der Waals surface area contributed by atoms with Crippen molar-refractivity contribution in [2.45, 2.75) is 12.7 Å². The topological polar surface area (TPSA) is 61.7 Å². The van der Waals surface area contributed by atoms with Gasteiger partial charge in [0, 0.05) is 11.8 Å². The molecule has 16 heavy (non-hydrogen) atoms. The normalized spacial score (nSPS) is 11.9. The third-order valence-corrected chi connectivity index (χ3v) is 2.20. The van der Waals surface area contributed by atoms with Gasteiger partial charge >= 0.3 is 0 Å². The molecule has 0 amide bonds. The number of nitrogens with one attached hydrogen (secondary N) is 1. The average Bonchev–Trinajstić information content (AvgIpc) is 2.85. The molecule has 0 bridgehead atoms. The molecule has 2 rings (SSSR count). The van der Waals surface area contributed by atoms with Crippen LogP contribution in [0.2, 0.25) is 0 Å². The van der Waals surface area contributed by atoms with Gasteiger partial charge in [-0.15, -0.1) is 0 Å². The lowest BCUT2D eigenvalue weighted by Crippen LogP contribution is -2.01. The van der Waals surface area contributed by atoms with Crippen LogP contribution in [0.1, 0.15) is 17.2 Å². The molecule has 1 aromatic carbocycles. The molecule has 1 N–H and O–H groups in total. The van der Waals surface area contributed by atoms with Gasteiger partial charge in [0.1, 0.15) is 0 Å². The first kappa shape index (κ1) is 10.4. The number of aromatic nitrogens is 2. The Kier molecular flexibility index (Phi) is 3.31. The van der Waals surface area contributed by atoms with Crippen molar-refractivity contribution in [3.63, 3.8) is 0 Å². The summed E-state index contributed by atoms with van der Waals surface area (Å²) in [6.07, 6.45) is 2.69. The highest BCUT2D eigenvalue weighted by atomic mass is 16.5. The maximum atomic E-state index is 8.96. The number of rotatable bonds is 4. The van der Waals surface area contributed by atoms with Crippen LogP contribution in [0.25, 0.3) is 0 Å². The Morgan fingerprint density at radius 2 is 2.19 bits per heavy atom. The molecule has 0 saturated carbocycles. The van der Waals surface area contributed by atoms with Crippen molar-refractivity contribution in [1.29, 1.82) is 5.26 Å². The number of aromatic amines is 1. The fourth-order valence-corrected chi connectivity index (χ4v) is 1.37. The third kappa shape index (κ3) is 2.47. The Bertz CT molecular complexity index is 459. The van der Waals surface area contributed by atoms with Crippen molar-refractivity contribution < 1.29 is 4.74 Å². The number of hydrogen-bond acceptors (Lipinski definition) is 3. The van der Waals surface area contributed by atoms with Gasteiger partial charge in [0.25, 0.3) is 0 Å². The van der Waals surface area contributed by atoms with Gasteiger partial charge in [-0.1, -0.05) is 30.3 Å².